The van der Waals surface area contributed by atoms with Gasteiger partial charge in [0.25, 0.3) is 0 Å². The van der Waals surface area contributed by atoms with Gasteiger partial charge in [0, 0.05) is 0 Å². The maximum atomic E-state index is 4.02. The van der Waals surface area contributed by atoms with Crippen LogP contribution < -0.4 is 3.58 Å². The van der Waals surface area contributed by atoms with Crippen molar-refractivity contribution >= 4 is 24.7 Å². The Kier molecular flexibility index (Phi) is 2.46. The number of aromatic nitrogens is 1. The van der Waals surface area contributed by atoms with Crippen molar-refractivity contribution in [2.75, 3.05) is 0 Å². The first kappa shape index (κ1) is 7.59. The quantitative estimate of drug-likeness (QED) is 0.724. The van der Waals surface area contributed by atoms with Crippen LogP contribution in [0, 0.1) is 0 Å². The molecule has 0 amide bonds. The Bertz CT molecular complexity index is 218. The second kappa shape index (κ2) is 3.57. The van der Waals surface area contributed by atoms with Gasteiger partial charge >= 0.3 is 77.4 Å². The van der Waals surface area contributed by atoms with Crippen molar-refractivity contribution in [3.63, 3.8) is 0 Å². The van der Waals surface area contributed by atoms with E-state index in [1.807, 2.05) is 12.4 Å². The van der Waals surface area contributed by atoms with Crippen LogP contribution in [0.1, 0.15) is 19.3 Å². The molecular weight excluding hydrogens is 241 g/mol. The molecule has 1 aromatic rings. The first-order valence-corrected chi connectivity index (χ1v) is 7.19. The van der Waals surface area contributed by atoms with E-state index in [1.54, 1.807) is 3.58 Å². The predicted molar refractivity (Wildman–Crippen MR) is 47.2 cm³/mol. The molecule has 2 radical (unpaired) electrons. The molecule has 0 bridgehead atoms. The van der Waals surface area contributed by atoms with Gasteiger partial charge in [0.1, 0.15) is 0 Å². The third-order valence-electron chi connectivity index (χ3n) is 2.16. The summed E-state index contributed by atoms with van der Waals surface area (Å²) in [7, 11) is 0. The van der Waals surface area contributed by atoms with Crippen LogP contribution in [-0.2, 0) is 0 Å². The second-order valence-corrected chi connectivity index (χ2v) is 7.81. The van der Waals surface area contributed by atoms with Crippen molar-refractivity contribution in [3.8, 4) is 0 Å². The Morgan fingerprint density at radius 3 is 2.55 bits per heavy atom. The third-order valence-corrected chi connectivity index (χ3v) is 6.87. The molecule has 56 valence electrons. The van der Waals surface area contributed by atoms with Crippen LogP contribution in [0.15, 0.2) is 24.5 Å². The van der Waals surface area contributed by atoms with Crippen molar-refractivity contribution in [2.45, 2.75) is 23.2 Å². The van der Waals surface area contributed by atoms with Crippen LogP contribution in [-0.4, -0.2) is 26.1 Å². The van der Waals surface area contributed by atoms with Crippen LogP contribution in [0.3, 0.4) is 0 Å². The van der Waals surface area contributed by atoms with Gasteiger partial charge in [0.2, 0.25) is 0 Å². The molecular formula is C9H11NSn. The summed E-state index contributed by atoms with van der Waals surface area (Å²) in [5.74, 6) is 0. The van der Waals surface area contributed by atoms with Gasteiger partial charge in [-0.15, -0.1) is 0 Å². The first-order valence-electron chi connectivity index (χ1n) is 4.12. The van der Waals surface area contributed by atoms with E-state index >= 15 is 0 Å². The van der Waals surface area contributed by atoms with Crippen molar-refractivity contribution in [1.82, 2.24) is 4.98 Å². The van der Waals surface area contributed by atoms with E-state index in [0.717, 1.165) is 3.93 Å². The van der Waals surface area contributed by atoms with E-state index in [0.29, 0.717) is 0 Å². The Morgan fingerprint density at radius 2 is 2.00 bits per heavy atom. The molecule has 0 atom stereocenters. The summed E-state index contributed by atoms with van der Waals surface area (Å²) in [4.78, 5) is 4.02. The maximum absolute atomic E-state index is 4.02. The topological polar surface area (TPSA) is 12.9 Å². The van der Waals surface area contributed by atoms with Crippen LogP contribution in [0.2, 0.25) is 3.93 Å². The third kappa shape index (κ3) is 1.95. The molecule has 1 nitrogen and oxygen atoms in total. The molecule has 2 heteroatoms. The van der Waals surface area contributed by atoms with E-state index in [-0.39, 0.29) is 21.1 Å². The number of nitrogens with zero attached hydrogens (tertiary/aromatic N) is 1. The van der Waals surface area contributed by atoms with Crippen molar-refractivity contribution in [2.24, 2.45) is 0 Å². The zero-order valence-corrected chi connectivity index (χ0v) is 9.31. The Balaban J connectivity index is 1.95. The summed E-state index contributed by atoms with van der Waals surface area (Å²) < 4.78 is 2.76. The second-order valence-electron chi connectivity index (χ2n) is 3.01. The van der Waals surface area contributed by atoms with Gasteiger partial charge in [-0.25, -0.2) is 0 Å². The summed E-state index contributed by atoms with van der Waals surface area (Å²) in [6.07, 6.45) is 8.35. The zero-order chi connectivity index (χ0) is 7.52. The summed E-state index contributed by atoms with van der Waals surface area (Å²) in [6, 6.07) is 4.40. The predicted octanol–water partition coefficient (Wildman–Crippen LogP) is 1.38. The summed E-state index contributed by atoms with van der Waals surface area (Å²) in [5, 5.41) is 0. The molecule has 1 saturated carbocycles. The minimum absolute atomic E-state index is 0.211. The van der Waals surface area contributed by atoms with Gasteiger partial charge in [-0.3, -0.25) is 0 Å². The first-order chi connectivity index (χ1) is 5.45. The van der Waals surface area contributed by atoms with E-state index < -0.39 is 0 Å². The SMILES string of the molecule is c1c[c]([Sn][CH]2CCC2)ccn1. The summed E-state index contributed by atoms with van der Waals surface area (Å²) in [6.45, 7) is 0. The van der Waals surface area contributed by atoms with Crippen molar-refractivity contribution < 1.29 is 0 Å². The van der Waals surface area contributed by atoms with Crippen LogP contribution in [0.25, 0.3) is 0 Å². The molecule has 0 N–H and O–H groups in total. The molecule has 0 aliphatic heterocycles. The Hall–Kier alpha value is -0.0513. The number of hydrogen-bond donors (Lipinski definition) is 0. The van der Waals surface area contributed by atoms with Gasteiger partial charge in [-0.1, -0.05) is 0 Å². The van der Waals surface area contributed by atoms with Gasteiger partial charge < -0.3 is 0 Å². The molecule has 2 rings (SSSR count). The number of rotatable bonds is 2. The van der Waals surface area contributed by atoms with E-state index in [2.05, 4.69) is 17.1 Å². The fraction of sp³-hybridized carbons (Fsp3) is 0.444. The molecule has 0 spiro atoms. The van der Waals surface area contributed by atoms with Gasteiger partial charge in [0.05, 0.1) is 0 Å². The average molecular weight is 252 g/mol. The fourth-order valence-electron chi connectivity index (χ4n) is 1.24. The number of pyridine rings is 1. The van der Waals surface area contributed by atoms with Crippen LogP contribution in [0.4, 0.5) is 0 Å². The van der Waals surface area contributed by atoms with Gasteiger partial charge in [0.15, 0.2) is 0 Å². The molecule has 0 saturated heterocycles. The number of hydrogen-bond acceptors (Lipinski definition) is 1. The molecule has 1 aromatic heterocycles. The van der Waals surface area contributed by atoms with E-state index in [1.165, 1.54) is 19.3 Å². The zero-order valence-electron chi connectivity index (χ0n) is 6.46. The van der Waals surface area contributed by atoms with Gasteiger partial charge in [-0.2, -0.15) is 0 Å². The molecule has 11 heavy (non-hydrogen) atoms. The van der Waals surface area contributed by atoms with Gasteiger partial charge in [-0.05, 0) is 0 Å². The molecule has 1 aliphatic carbocycles. The Morgan fingerprint density at radius 1 is 1.27 bits per heavy atom. The fourth-order valence-corrected chi connectivity index (χ4v) is 5.55. The summed E-state index contributed by atoms with van der Waals surface area (Å²) in [5.41, 5.74) is 0. The summed E-state index contributed by atoms with van der Waals surface area (Å²) >= 11 is -0.211. The van der Waals surface area contributed by atoms with Crippen molar-refractivity contribution in [3.05, 3.63) is 24.5 Å². The van der Waals surface area contributed by atoms with Crippen LogP contribution >= 0.6 is 0 Å². The minimum atomic E-state index is -0.211. The normalized spacial score (nSPS) is 17.8. The average Bonchev–Trinajstić information content (AvgIpc) is 1.99. The van der Waals surface area contributed by atoms with Crippen LogP contribution in [0.5, 0.6) is 0 Å². The molecule has 0 aromatic carbocycles. The van der Waals surface area contributed by atoms with Crippen molar-refractivity contribution in [1.29, 1.82) is 0 Å². The molecule has 1 fully saturated rings. The molecule has 1 heterocycles. The standard InChI is InChI=1S/C5H4N.C4H7.Sn/c1-2-4-6-5-3-1;1-2-4-3-1;/h2-5H;1H,2-4H2;. The molecule has 1 aliphatic rings. The molecule has 0 unspecified atom stereocenters. The van der Waals surface area contributed by atoms with E-state index in [9.17, 15) is 0 Å². The Labute approximate surface area is 77.4 Å². The monoisotopic (exact) mass is 253 g/mol. The van der Waals surface area contributed by atoms with E-state index in [4.69, 9.17) is 0 Å².